The highest BCUT2D eigenvalue weighted by Gasteiger charge is 2.18. The fraction of sp³-hybridized carbons (Fsp3) is 0.385. The van der Waals surface area contributed by atoms with Crippen molar-refractivity contribution in [1.82, 2.24) is 5.32 Å². The van der Waals surface area contributed by atoms with E-state index in [1.807, 2.05) is 6.92 Å². The summed E-state index contributed by atoms with van der Waals surface area (Å²) < 4.78 is 25.6. The molecule has 1 atom stereocenters. The number of hydrogen-bond donors (Lipinski definition) is 2. The summed E-state index contributed by atoms with van der Waals surface area (Å²) in [6.45, 7) is 1.80. The molecule has 0 aliphatic heterocycles. The number of rotatable bonds is 6. The molecule has 1 unspecified atom stereocenters. The minimum atomic E-state index is -1.11. The van der Waals surface area contributed by atoms with Crippen LogP contribution in [0.1, 0.15) is 30.1 Å². The summed E-state index contributed by atoms with van der Waals surface area (Å²) in [5.74, 6) is -4.45. The molecule has 4 nitrogen and oxygen atoms in total. The standard InChI is InChI=1S/C13H15F2NO3/c1-2-3-9(13(18)19)7-16-12(17)8-4-5-10(14)11(15)6-8/h4-6,9H,2-3,7H2,1H3,(H,16,17)(H,18,19). The fourth-order valence-electron chi connectivity index (χ4n) is 1.62. The number of aliphatic carboxylic acids is 1. The van der Waals surface area contributed by atoms with Gasteiger partial charge in [-0.25, -0.2) is 8.78 Å². The number of benzene rings is 1. The maximum absolute atomic E-state index is 12.9. The van der Waals surface area contributed by atoms with Gasteiger partial charge < -0.3 is 10.4 Å². The van der Waals surface area contributed by atoms with Crippen LogP contribution in [0, 0.1) is 17.6 Å². The number of carboxylic acids is 1. The van der Waals surface area contributed by atoms with Crippen LogP contribution in [0.25, 0.3) is 0 Å². The number of halogens is 2. The quantitative estimate of drug-likeness (QED) is 0.833. The lowest BCUT2D eigenvalue weighted by Crippen LogP contribution is -2.33. The van der Waals surface area contributed by atoms with E-state index in [0.717, 1.165) is 18.2 Å². The van der Waals surface area contributed by atoms with Crippen LogP contribution in [0.2, 0.25) is 0 Å². The maximum atomic E-state index is 12.9. The summed E-state index contributed by atoms with van der Waals surface area (Å²) in [6, 6.07) is 2.77. The molecule has 0 aliphatic carbocycles. The number of nitrogens with one attached hydrogen (secondary N) is 1. The van der Waals surface area contributed by atoms with Crippen molar-refractivity contribution < 1.29 is 23.5 Å². The number of carboxylic acid groups (broad SMARTS) is 1. The van der Waals surface area contributed by atoms with Gasteiger partial charge in [-0.2, -0.15) is 0 Å². The first-order valence-electron chi connectivity index (χ1n) is 5.91. The molecule has 0 saturated carbocycles. The van der Waals surface area contributed by atoms with Gasteiger partial charge in [-0.15, -0.1) is 0 Å². The lowest BCUT2D eigenvalue weighted by Gasteiger charge is -2.12. The van der Waals surface area contributed by atoms with Gasteiger partial charge in [0.15, 0.2) is 11.6 Å². The van der Waals surface area contributed by atoms with Crippen LogP contribution in [0.3, 0.4) is 0 Å². The predicted octanol–water partition coefficient (Wildman–Crippen LogP) is 2.20. The van der Waals surface area contributed by atoms with E-state index in [1.54, 1.807) is 0 Å². The highest BCUT2D eigenvalue weighted by atomic mass is 19.2. The van der Waals surface area contributed by atoms with E-state index >= 15 is 0 Å². The molecule has 1 aromatic carbocycles. The maximum Gasteiger partial charge on any atom is 0.308 e. The first-order chi connectivity index (χ1) is 8.95. The SMILES string of the molecule is CCCC(CNC(=O)c1ccc(F)c(F)c1)C(=O)O. The van der Waals surface area contributed by atoms with Gasteiger partial charge in [0.05, 0.1) is 5.92 Å². The topological polar surface area (TPSA) is 66.4 Å². The number of carbonyl (C=O) groups excluding carboxylic acids is 1. The molecule has 2 N–H and O–H groups in total. The van der Waals surface area contributed by atoms with Crippen molar-refractivity contribution in [3.63, 3.8) is 0 Å². The Bertz CT molecular complexity index is 477. The second-order valence-electron chi connectivity index (χ2n) is 4.16. The summed E-state index contributed by atoms with van der Waals surface area (Å²) in [7, 11) is 0. The van der Waals surface area contributed by atoms with Crippen LogP contribution >= 0.6 is 0 Å². The Morgan fingerprint density at radius 2 is 2.00 bits per heavy atom. The van der Waals surface area contributed by atoms with Gasteiger partial charge in [-0.3, -0.25) is 9.59 Å². The summed E-state index contributed by atoms with van der Waals surface area (Å²) in [4.78, 5) is 22.5. The van der Waals surface area contributed by atoms with E-state index in [2.05, 4.69) is 5.32 Å². The van der Waals surface area contributed by atoms with Crippen molar-refractivity contribution in [3.05, 3.63) is 35.4 Å². The van der Waals surface area contributed by atoms with Crippen LogP contribution < -0.4 is 5.32 Å². The van der Waals surface area contributed by atoms with Gasteiger partial charge in [0.1, 0.15) is 0 Å². The van der Waals surface area contributed by atoms with Crippen molar-refractivity contribution in [2.24, 2.45) is 5.92 Å². The predicted molar refractivity (Wildman–Crippen MR) is 64.7 cm³/mol. The minimum absolute atomic E-state index is 0.0407. The number of hydrogen-bond acceptors (Lipinski definition) is 2. The number of carbonyl (C=O) groups is 2. The van der Waals surface area contributed by atoms with Gasteiger partial charge in [-0.05, 0) is 24.6 Å². The molecular weight excluding hydrogens is 256 g/mol. The molecule has 1 aromatic rings. The van der Waals surface area contributed by atoms with Crippen molar-refractivity contribution in [1.29, 1.82) is 0 Å². The lowest BCUT2D eigenvalue weighted by atomic mass is 10.0. The van der Waals surface area contributed by atoms with Gasteiger partial charge >= 0.3 is 5.97 Å². The van der Waals surface area contributed by atoms with Crippen molar-refractivity contribution in [2.45, 2.75) is 19.8 Å². The van der Waals surface area contributed by atoms with Crippen LogP contribution in [0.15, 0.2) is 18.2 Å². The van der Waals surface area contributed by atoms with Crippen LogP contribution in [-0.4, -0.2) is 23.5 Å². The number of amides is 1. The average molecular weight is 271 g/mol. The first-order valence-corrected chi connectivity index (χ1v) is 5.91. The van der Waals surface area contributed by atoms with Crippen molar-refractivity contribution >= 4 is 11.9 Å². The molecule has 1 amide bonds. The molecule has 0 bridgehead atoms. The Labute approximate surface area is 109 Å². The van der Waals surface area contributed by atoms with Gasteiger partial charge in [0.25, 0.3) is 5.91 Å². The molecule has 0 aromatic heterocycles. The molecule has 19 heavy (non-hydrogen) atoms. The Morgan fingerprint density at radius 1 is 1.32 bits per heavy atom. The normalized spacial score (nSPS) is 11.9. The van der Waals surface area contributed by atoms with E-state index < -0.39 is 29.4 Å². The third-order valence-electron chi connectivity index (χ3n) is 2.68. The smallest absolute Gasteiger partial charge is 0.308 e. The second kappa shape index (κ2) is 6.82. The average Bonchev–Trinajstić information content (AvgIpc) is 2.37. The largest absolute Gasteiger partial charge is 0.481 e. The summed E-state index contributed by atoms with van der Waals surface area (Å²) >= 11 is 0. The van der Waals surface area contributed by atoms with Crippen LogP contribution in [0.5, 0.6) is 0 Å². The molecule has 0 heterocycles. The third-order valence-corrected chi connectivity index (χ3v) is 2.68. The van der Waals surface area contributed by atoms with Crippen LogP contribution in [-0.2, 0) is 4.79 Å². The van der Waals surface area contributed by atoms with E-state index in [1.165, 1.54) is 0 Å². The van der Waals surface area contributed by atoms with E-state index in [4.69, 9.17) is 5.11 Å². The van der Waals surface area contributed by atoms with E-state index in [0.29, 0.717) is 12.8 Å². The minimum Gasteiger partial charge on any atom is -0.481 e. The highest BCUT2D eigenvalue weighted by molar-refractivity contribution is 5.94. The Morgan fingerprint density at radius 3 is 2.53 bits per heavy atom. The zero-order valence-corrected chi connectivity index (χ0v) is 10.5. The van der Waals surface area contributed by atoms with Crippen molar-refractivity contribution in [3.8, 4) is 0 Å². The zero-order valence-electron chi connectivity index (χ0n) is 10.5. The van der Waals surface area contributed by atoms with Gasteiger partial charge in [-0.1, -0.05) is 13.3 Å². The lowest BCUT2D eigenvalue weighted by molar-refractivity contribution is -0.141. The van der Waals surface area contributed by atoms with Crippen LogP contribution in [0.4, 0.5) is 8.78 Å². The summed E-state index contributed by atoms with van der Waals surface area (Å²) in [5, 5.41) is 11.3. The Kier molecular flexibility index (Phi) is 5.41. The molecule has 0 fully saturated rings. The molecule has 104 valence electrons. The summed E-state index contributed by atoms with van der Waals surface area (Å²) in [6.07, 6.45) is 1.12. The third kappa shape index (κ3) is 4.31. The molecule has 0 radical (unpaired) electrons. The highest BCUT2D eigenvalue weighted by Crippen LogP contribution is 2.09. The Hall–Kier alpha value is -1.98. The van der Waals surface area contributed by atoms with Gasteiger partial charge in [0.2, 0.25) is 0 Å². The zero-order chi connectivity index (χ0) is 14.4. The van der Waals surface area contributed by atoms with E-state index in [9.17, 15) is 18.4 Å². The first kappa shape index (κ1) is 15.1. The van der Waals surface area contributed by atoms with Crippen molar-refractivity contribution in [2.75, 3.05) is 6.54 Å². The monoisotopic (exact) mass is 271 g/mol. The summed E-state index contributed by atoms with van der Waals surface area (Å²) in [5.41, 5.74) is -0.0421. The molecule has 0 aliphatic rings. The van der Waals surface area contributed by atoms with Gasteiger partial charge in [0, 0.05) is 12.1 Å². The Balaban J connectivity index is 2.63. The molecular formula is C13H15F2NO3. The second-order valence-corrected chi connectivity index (χ2v) is 4.16. The fourth-order valence-corrected chi connectivity index (χ4v) is 1.62. The molecule has 0 saturated heterocycles. The molecule has 6 heteroatoms. The molecule has 1 rings (SSSR count). The van der Waals surface area contributed by atoms with E-state index in [-0.39, 0.29) is 12.1 Å². The molecule has 0 spiro atoms.